The number of nitrogens with zero attached hydrogens (tertiary/aromatic N) is 2. The smallest absolute Gasteiger partial charge is 0.272 e. The lowest BCUT2D eigenvalue weighted by Gasteiger charge is -2.37. The van der Waals surface area contributed by atoms with Crippen molar-refractivity contribution in [3.8, 4) is 11.3 Å². The Kier molecular flexibility index (Phi) is 5.33. The summed E-state index contributed by atoms with van der Waals surface area (Å²) in [6.07, 6.45) is 2.11. The molecule has 0 saturated heterocycles. The Balaban J connectivity index is 1.52. The molecular formula is C26H27N3O4S. The molecule has 5 rings (SSSR count). The fraction of sp³-hybridized carbons (Fsp3) is 0.346. The van der Waals surface area contributed by atoms with E-state index in [1.54, 1.807) is 6.07 Å². The number of hydrazone groups is 1. The van der Waals surface area contributed by atoms with E-state index in [-0.39, 0.29) is 23.0 Å². The molecule has 2 aliphatic carbocycles. The molecule has 2 saturated carbocycles. The van der Waals surface area contributed by atoms with Gasteiger partial charge in [-0.2, -0.15) is 13.5 Å². The minimum absolute atomic E-state index is 0.261. The van der Waals surface area contributed by atoms with Crippen molar-refractivity contribution in [3.63, 3.8) is 0 Å². The van der Waals surface area contributed by atoms with Gasteiger partial charge in [-0.1, -0.05) is 62.4 Å². The fourth-order valence-electron chi connectivity index (χ4n) is 5.90. The predicted octanol–water partition coefficient (Wildman–Crippen LogP) is 4.70. The molecule has 2 atom stereocenters. The molecule has 3 aromatic rings. The van der Waals surface area contributed by atoms with Crippen LogP contribution in [0.3, 0.4) is 0 Å². The second-order valence-electron chi connectivity index (χ2n) is 9.91. The van der Waals surface area contributed by atoms with Crippen molar-refractivity contribution in [1.29, 1.82) is 0 Å². The van der Waals surface area contributed by atoms with E-state index in [9.17, 15) is 17.8 Å². The quantitative estimate of drug-likeness (QED) is 0.409. The van der Waals surface area contributed by atoms with Gasteiger partial charge in [-0.05, 0) is 42.7 Å². The first-order valence-electron chi connectivity index (χ1n) is 11.4. The maximum absolute atomic E-state index is 13.3. The Morgan fingerprint density at radius 2 is 1.85 bits per heavy atom. The predicted molar refractivity (Wildman–Crippen MR) is 132 cm³/mol. The number of para-hydroxylation sites is 1. The highest BCUT2D eigenvalue weighted by Gasteiger charge is 2.64. The molecule has 1 amide bonds. The highest BCUT2D eigenvalue weighted by molar-refractivity contribution is 7.85. The molecule has 0 spiro atoms. The first-order valence-corrected chi connectivity index (χ1v) is 13.0. The Morgan fingerprint density at radius 3 is 2.56 bits per heavy atom. The van der Waals surface area contributed by atoms with Crippen LogP contribution in [-0.2, 0) is 10.1 Å². The monoisotopic (exact) mass is 477 g/mol. The number of amides is 1. The van der Waals surface area contributed by atoms with Crippen molar-refractivity contribution in [2.75, 3.05) is 5.75 Å². The Hall–Kier alpha value is -3.10. The van der Waals surface area contributed by atoms with Crippen LogP contribution in [0.1, 0.15) is 43.5 Å². The number of carbonyl (C=O) groups excluding carboxylic acids is 1. The number of benzene rings is 2. The lowest BCUT2D eigenvalue weighted by Crippen LogP contribution is -2.43. The molecule has 2 unspecified atom stereocenters. The molecule has 176 valence electrons. The van der Waals surface area contributed by atoms with Crippen LogP contribution in [0.15, 0.2) is 65.8 Å². The highest BCUT2D eigenvalue weighted by Crippen LogP contribution is 2.64. The summed E-state index contributed by atoms with van der Waals surface area (Å²) >= 11 is 0. The van der Waals surface area contributed by atoms with Crippen LogP contribution >= 0.6 is 0 Å². The van der Waals surface area contributed by atoms with E-state index in [0.29, 0.717) is 40.7 Å². The van der Waals surface area contributed by atoms with Gasteiger partial charge in [-0.25, -0.2) is 10.4 Å². The van der Waals surface area contributed by atoms with Crippen LogP contribution in [0.2, 0.25) is 0 Å². The molecule has 1 aromatic heterocycles. The zero-order valence-electron chi connectivity index (χ0n) is 19.2. The van der Waals surface area contributed by atoms with Crippen LogP contribution in [0.5, 0.6) is 0 Å². The summed E-state index contributed by atoms with van der Waals surface area (Å²) in [7, 11) is -4.21. The summed E-state index contributed by atoms with van der Waals surface area (Å²) in [5.74, 6) is -0.503. The molecule has 0 radical (unpaired) electrons. The molecule has 2 aliphatic rings. The third kappa shape index (κ3) is 3.71. The van der Waals surface area contributed by atoms with Crippen molar-refractivity contribution < 1.29 is 17.8 Å². The molecule has 1 heterocycles. The molecule has 8 heteroatoms. The third-order valence-corrected chi connectivity index (χ3v) is 8.77. The number of pyridine rings is 1. The number of rotatable bonds is 5. The standard InChI is InChI=1S/C26H27N3O4S/c1-25(2)18-12-13-26(25,16-34(31,32)33)23(14-18)28-29-24(30)20-15-22(17-8-4-3-5-9-17)27-21-11-7-6-10-19(20)21/h3-11,15,18H,12-14,16H2,1-2H3,(H,29,30)(H,31,32,33). The zero-order valence-corrected chi connectivity index (χ0v) is 20.0. The molecule has 2 aromatic carbocycles. The Labute approximate surface area is 199 Å². The van der Waals surface area contributed by atoms with Crippen molar-refractivity contribution in [1.82, 2.24) is 10.4 Å². The van der Waals surface area contributed by atoms with E-state index in [0.717, 1.165) is 12.0 Å². The summed E-state index contributed by atoms with van der Waals surface area (Å²) in [6.45, 7) is 4.06. The van der Waals surface area contributed by atoms with E-state index in [1.165, 1.54) is 0 Å². The average molecular weight is 478 g/mol. The van der Waals surface area contributed by atoms with E-state index in [4.69, 9.17) is 4.98 Å². The van der Waals surface area contributed by atoms with Gasteiger partial charge >= 0.3 is 0 Å². The van der Waals surface area contributed by atoms with Crippen LogP contribution in [0, 0.1) is 16.7 Å². The van der Waals surface area contributed by atoms with Crippen molar-refractivity contribution in [2.24, 2.45) is 21.8 Å². The third-order valence-electron chi connectivity index (χ3n) is 7.92. The van der Waals surface area contributed by atoms with E-state index < -0.39 is 15.5 Å². The number of fused-ring (bicyclic) bond motifs is 3. The first-order chi connectivity index (χ1) is 16.1. The van der Waals surface area contributed by atoms with Gasteiger partial charge in [0.1, 0.15) is 0 Å². The summed E-state index contributed by atoms with van der Waals surface area (Å²) in [4.78, 5) is 18.1. The van der Waals surface area contributed by atoms with Gasteiger partial charge in [0, 0.05) is 22.1 Å². The topological polar surface area (TPSA) is 109 Å². The molecule has 2 fully saturated rings. The van der Waals surface area contributed by atoms with Crippen LogP contribution in [0.4, 0.5) is 0 Å². The van der Waals surface area contributed by atoms with Crippen molar-refractivity contribution in [3.05, 3.63) is 66.2 Å². The normalized spacial score (nSPS) is 24.6. The lowest BCUT2D eigenvalue weighted by molar-refractivity contribution is 0.0955. The number of hydrogen-bond donors (Lipinski definition) is 2. The minimum Gasteiger partial charge on any atom is -0.286 e. The van der Waals surface area contributed by atoms with E-state index in [1.807, 2.05) is 68.4 Å². The van der Waals surface area contributed by atoms with Gasteiger partial charge in [-0.15, -0.1) is 0 Å². The van der Waals surface area contributed by atoms with Gasteiger partial charge < -0.3 is 0 Å². The van der Waals surface area contributed by atoms with Crippen LogP contribution in [-0.4, -0.2) is 35.3 Å². The van der Waals surface area contributed by atoms with Crippen molar-refractivity contribution >= 4 is 32.6 Å². The lowest BCUT2D eigenvalue weighted by atomic mass is 9.70. The second kappa shape index (κ2) is 7.99. The second-order valence-corrected chi connectivity index (χ2v) is 11.4. The van der Waals surface area contributed by atoms with Gasteiger partial charge in [-0.3, -0.25) is 9.35 Å². The van der Waals surface area contributed by atoms with Crippen LogP contribution in [0.25, 0.3) is 22.2 Å². The van der Waals surface area contributed by atoms with Gasteiger partial charge in [0.05, 0.1) is 22.5 Å². The van der Waals surface area contributed by atoms with Crippen LogP contribution < -0.4 is 5.43 Å². The number of carbonyl (C=O) groups is 1. The molecule has 7 nitrogen and oxygen atoms in total. The number of hydrogen-bond acceptors (Lipinski definition) is 5. The fourth-order valence-corrected chi connectivity index (χ4v) is 7.21. The summed E-state index contributed by atoms with van der Waals surface area (Å²) in [5, 5.41) is 5.17. The minimum atomic E-state index is -4.21. The Bertz CT molecular complexity index is 1420. The number of aromatic nitrogens is 1. The van der Waals surface area contributed by atoms with E-state index in [2.05, 4.69) is 10.5 Å². The Morgan fingerprint density at radius 1 is 1.15 bits per heavy atom. The summed E-state index contributed by atoms with van der Waals surface area (Å²) < 4.78 is 33.5. The summed E-state index contributed by atoms with van der Waals surface area (Å²) in [6, 6.07) is 18.8. The molecule has 2 bridgehead atoms. The maximum atomic E-state index is 13.3. The van der Waals surface area contributed by atoms with Gasteiger partial charge in [0.15, 0.2) is 0 Å². The maximum Gasteiger partial charge on any atom is 0.272 e. The highest BCUT2D eigenvalue weighted by atomic mass is 32.2. The zero-order chi connectivity index (χ0) is 24.1. The van der Waals surface area contributed by atoms with E-state index >= 15 is 0 Å². The van der Waals surface area contributed by atoms with Gasteiger partial charge in [0.25, 0.3) is 16.0 Å². The average Bonchev–Trinajstić information content (AvgIpc) is 3.16. The SMILES string of the molecule is CC1(C)C2CCC1(CS(=O)(=O)O)C(=NNC(=O)c1cc(-c3ccccc3)nc3ccccc13)C2. The molecular weight excluding hydrogens is 450 g/mol. The summed E-state index contributed by atoms with van der Waals surface area (Å²) in [5.41, 5.74) is 4.93. The molecule has 0 aliphatic heterocycles. The van der Waals surface area contributed by atoms with Crippen molar-refractivity contribution in [2.45, 2.75) is 33.1 Å². The number of nitrogens with one attached hydrogen (secondary N) is 1. The first kappa shape index (κ1) is 22.7. The van der Waals surface area contributed by atoms with Gasteiger partial charge in [0.2, 0.25) is 0 Å². The molecule has 34 heavy (non-hydrogen) atoms. The molecule has 2 N–H and O–H groups in total. The largest absolute Gasteiger partial charge is 0.286 e.